The lowest BCUT2D eigenvalue weighted by atomic mass is 10.1. The van der Waals surface area contributed by atoms with Gasteiger partial charge in [-0.3, -0.25) is 4.79 Å². The van der Waals surface area contributed by atoms with Crippen LogP contribution >= 0.6 is 34.2 Å². The highest BCUT2D eigenvalue weighted by atomic mass is 127. The first-order chi connectivity index (χ1) is 9.51. The van der Waals surface area contributed by atoms with Crippen molar-refractivity contribution in [2.45, 2.75) is 0 Å². The van der Waals surface area contributed by atoms with Gasteiger partial charge in [0.05, 0.1) is 28.6 Å². The van der Waals surface area contributed by atoms with Gasteiger partial charge in [0, 0.05) is 3.57 Å². The molecule has 0 atom stereocenters. The van der Waals surface area contributed by atoms with Crippen molar-refractivity contribution in [1.29, 1.82) is 5.26 Å². The van der Waals surface area contributed by atoms with Crippen molar-refractivity contribution >= 4 is 50.8 Å². The van der Waals surface area contributed by atoms with Gasteiger partial charge in [0.2, 0.25) is 0 Å². The van der Waals surface area contributed by atoms with Crippen LogP contribution in [-0.4, -0.2) is 5.24 Å². The highest BCUT2D eigenvalue weighted by Crippen LogP contribution is 2.26. The minimum Gasteiger partial charge on any atom is -0.352 e. The van der Waals surface area contributed by atoms with E-state index in [0.717, 1.165) is 3.57 Å². The summed E-state index contributed by atoms with van der Waals surface area (Å²) in [7, 11) is 0. The number of hydrogen-bond donors (Lipinski definition) is 1. The van der Waals surface area contributed by atoms with Crippen LogP contribution in [0, 0.1) is 20.7 Å². The molecule has 2 aromatic carbocycles. The Balaban J connectivity index is 2.46. The monoisotopic (exact) mass is 400 g/mol. The van der Waals surface area contributed by atoms with Crippen LogP contribution in [0.15, 0.2) is 36.4 Å². The fourth-order valence-corrected chi connectivity index (χ4v) is 2.24. The topological polar surface area (TPSA) is 52.9 Å². The van der Waals surface area contributed by atoms with Crippen LogP contribution < -0.4 is 5.32 Å². The van der Waals surface area contributed by atoms with Crippen LogP contribution in [0.1, 0.15) is 15.9 Å². The van der Waals surface area contributed by atoms with Crippen LogP contribution in [0.3, 0.4) is 0 Å². The molecule has 0 aliphatic heterocycles. The van der Waals surface area contributed by atoms with Crippen molar-refractivity contribution in [2.24, 2.45) is 0 Å². The van der Waals surface area contributed by atoms with E-state index in [4.69, 9.17) is 16.9 Å². The number of carbonyl (C=O) groups excluding carboxylic acids is 1. The van der Waals surface area contributed by atoms with E-state index >= 15 is 0 Å². The summed E-state index contributed by atoms with van der Waals surface area (Å²) in [5.41, 5.74) is 1.03. The van der Waals surface area contributed by atoms with Crippen LogP contribution in [0.2, 0.25) is 0 Å². The molecular formula is C14H7ClFIN2O. The maximum absolute atomic E-state index is 13.8. The molecule has 0 saturated carbocycles. The quantitative estimate of drug-likeness (QED) is 0.613. The van der Waals surface area contributed by atoms with Crippen LogP contribution in [0.25, 0.3) is 0 Å². The largest absolute Gasteiger partial charge is 0.352 e. The molecular weight excluding hydrogens is 394 g/mol. The summed E-state index contributed by atoms with van der Waals surface area (Å²) in [6.07, 6.45) is 0. The maximum atomic E-state index is 13.8. The number of nitrogens with one attached hydrogen (secondary N) is 1. The standard InChI is InChI=1S/C14H7ClFIN2O/c15-14(20)10-3-1-8(7-18)5-13(10)19-12-4-2-9(17)6-11(12)16/h1-6,19H. The Hall–Kier alpha value is -1.65. The van der Waals surface area contributed by atoms with E-state index in [2.05, 4.69) is 5.32 Å². The number of halogens is 3. The normalized spacial score (nSPS) is 9.90. The molecule has 0 unspecified atom stereocenters. The van der Waals surface area contributed by atoms with Gasteiger partial charge in [-0.15, -0.1) is 0 Å². The maximum Gasteiger partial charge on any atom is 0.254 e. The third-order valence-electron chi connectivity index (χ3n) is 2.56. The molecule has 0 radical (unpaired) electrons. The molecule has 0 heterocycles. The van der Waals surface area contributed by atoms with E-state index in [0.29, 0.717) is 11.3 Å². The Labute approximate surface area is 133 Å². The second kappa shape index (κ2) is 6.20. The van der Waals surface area contributed by atoms with Gasteiger partial charge in [-0.2, -0.15) is 5.26 Å². The molecule has 0 amide bonds. The molecule has 0 saturated heterocycles. The molecule has 3 nitrogen and oxygen atoms in total. The summed E-state index contributed by atoms with van der Waals surface area (Å²) in [5, 5.41) is 11.0. The molecule has 0 spiro atoms. The van der Waals surface area contributed by atoms with Crippen LogP contribution in [0.5, 0.6) is 0 Å². The van der Waals surface area contributed by atoms with Gasteiger partial charge in [0.1, 0.15) is 5.82 Å². The fraction of sp³-hybridized carbons (Fsp3) is 0. The number of rotatable bonds is 3. The predicted molar refractivity (Wildman–Crippen MR) is 83.7 cm³/mol. The Morgan fingerprint density at radius 1 is 1.25 bits per heavy atom. The molecule has 0 aliphatic rings. The zero-order valence-corrected chi connectivity index (χ0v) is 12.9. The summed E-state index contributed by atoms with van der Waals surface area (Å²) in [6.45, 7) is 0. The number of nitriles is 1. The average molecular weight is 401 g/mol. The smallest absolute Gasteiger partial charge is 0.254 e. The number of nitrogens with zero attached hydrogens (tertiary/aromatic N) is 1. The van der Waals surface area contributed by atoms with Crippen LogP contribution in [0.4, 0.5) is 15.8 Å². The van der Waals surface area contributed by atoms with Crippen molar-refractivity contribution in [3.63, 3.8) is 0 Å². The molecule has 0 aromatic heterocycles. The second-order valence-corrected chi connectivity index (χ2v) is 5.48. The number of benzene rings is 2. The molecule has 6 heteroatoms. The molecule has 2 aromatic rings. The first-order valence-corrected chi connectivity index (χ1v) is 6.93. The second-order valence-electron chi connectivity index (χ2n) is 3.90. The van der Waals surface area contributed by atoms with Crippen LogP contribution in [-0.2, 0) is 0 Å². The van der Waals surface area contributed by atoms with Crippen molar-refractivity contribution in [3.05, 3.63) is 56.9 Å². The number of carbonyl (C=O) groups is 1. The van der Waals surface area contributed by atoms with E-state index in [1.807, 2.05) is 28.7 Å². The lowest BCUT2D eigenvalue weighted by molar-refractivity contribution is 0.108. The Bertz CT molecular complexity index is 728. The lowest BCUT2D eigenvalue weighted by Gasteiger charge is -2.11. The van der Waals surface area contributed by atoms with Gasteiger partial charge < -0.3 is 5.32 Å². The molecule has 0 bridgehead atoms. The van der Waals surface area contributed by atoms with Crippen molar-refractivity contribution in [1.82, 2.24) is 0 Å². The van der Waals surface area contributed by atoms with Gasteiger partial charge in [-0.25, -0.2) is 4.39 Å². The zero-order valence-electron chi connectivity index (χ0n) is 9.95. The van der Waals surface area contributed by atoms with E-state index in [-0.39, 0.29) is 11.3 Å². The predicted octanol–water partition coefficient (Wildman–Crippen LogP) is 4.42. The minimum atomic E-state index is -0.678. The summed E-state index contributed by atoms with van der Waals surface area (Å²) in [5.74, 6) is -0.452. The third kappa shape index (κ3) is 3.26. The van der Waals surface area contributed by atoms with Gasteiger partial charge in [0.25, 0.3) is 5.24 Å². The number of hydrogen-bond acceptors (Lipinski definition) is 3. The zero-order chi connectivity index (χ0) is 14.7. The van der Waals surface area contributed by atoms with Crippen molar-refractivity contribution < 1.29 is 9.18 Å². The van der Waals surface area contributed by atoms with E-state index < -0.39 is 11.1 Å². The van der Waals surface area contributed by atoms with E-state index in [1.54, 1.807) is 12.1 Å². The molecule has 0 aliphatic carbocycles. The van der Waals surface area contributed by atoms with Crippen molar-refractivity contribution in [2.75, 3.05) is 5.32 Å². The first kappa shape index (κ1) is 14.8. The SMILES string of the molecule is N#Cc1ccc(C(=O)Cl)c(Nc2ccc(I)cc2F)c1. The minimum absolute atomic E-state index is 0.184. The Kier molecular flexibility index (Phi) is 4.57. The molecule has 2 rings (SSSR count). The Morgan fingerprint density at radius 3 is 2.60 bits per heavy atom. The van der Waals surface area contributed by atoms with Gasteiger partial charge in [0.15, 0.2) is 0 Å². The van der Waals surface area contributed by atoms with Gasteiger partial charge in [-0.05, 0) is 70.6 Å². The van der Waals surface area contributed by atoms with E-state index in [1.165, 1.54) is 24.3 Å². The van der Waals surface area contributed by atoms with E-state index in [9.17, 15) is 9.18 Å². The average Bonchev–Trinajstić information content (AvgIpc) is 2.41. The van der Waals surface area contributed by atoms with Gasteiger partial charge >= 0.3 is 0 Å². The summed E-state index contributed by atoms with van der Waals surface area (Å²) < 4.78 is 14.6. The number of anilines is 2. The van der Waals surface area contributed by atoms with Gasteiger partial charge in [-0.1, -0.05) is 0 Å². The highest BCUT2D eigenvalue weighted by molar-refractivity contribution is 14.1. The molecule has 20 heavy (non-hydrogen) atoms. The molecule has 0 fully saturated rings. The summed E-state index contributed by atoms with van der Waals surface area (Å²) >= 11 is 7.47. The first-order valence-electron chi connectivity index (χ1n) is 5.47. The molecule has 100 valence electrons. The summed E-state index contributed by atoms with van der Waals surface area (Å²) in [4.78, 5) is 11.3. The molecule has 1 N–H and O–H groups in total. The van der Waals surface area contributed by atoms with Crippen molar-refractivity contribution in [3.8, 4) is 6.07 Å². The lowest BCUT2D eigenvalue weighted by Crippen LogP contribution is -2.01. The summed E-state index contributed by atoms with van der Waals surface area (Å²) in [6, 6.07) is 11.0. The fourth-order valence-electron chi connectivity index (χ4n) is 1.62. The Morgan fingerprint density at radius 2 is 2.00 bits per heavy atom. The third-order valence-corrected chi connectivity index (χ3v) is 3.44. The highest BCUT2D eigenvalue weighted by Gasteiger charge is 2.12.